The van der Waals surface area contributed by atoms with Crippen LogP contribution in [0.5, 0.6) is 0 Å². The van der Waals surface area contributed by atoms with E-state index in [2.05, 4.69) is 22.4 Å². The lowest BCUT2D eigenvalue weighted by atomic mass is 10.2. The van der Waals surface area contributed by atoms with Gasteiger partial charge in [0.25, 0.3) is 0 Å². The van der Waals surface area contributed by atoms with E-state index in [0.29, 0.717) is 0 Å². The van der Waals surface area contributed by atoms with Crippen molar-refractivity contribution < 1.29 is 0 Å². The van der Waals surface area contributed by atoms with Gasteiger partial charge in [0.1, 0.15) is 0 Å². The summed E-state index contributed by atoms with van der Waals surface area (Å²) in [6, 6.07) is 10.1. The van der Waals surface area contributed by atoms with Gasteiger partial charge < -0.3 is 11.1 Å². The fraction of sp³-hybridized carbons (Fsp3) is 0.214. The largest absolute Gasteiger partial charge is 0.399 e. The third-order valence-electron chi connectivity index (χ3n) is 2.74. The summed E-state index contributed by atoms with van der Waals surface area (Å²) in [5.74, 6) is 0. The van der Waals surface area contributed by atoms with Crippen molar-refractivity contribution in [2.75, 3.05) is 11.1 Å². The number of nitrogens with one attached hydrogen (secondary N) is 1. The van der Waals surface area contributed by atoms with E-state index < -0.39 is 0 Å². The van der Waals surface area contributed by atoms with Crippen molar-refractivity contribution in [2.24, 2.45) is 0 Å². The standard InChI is InChI=1S/C14H17N3/c1-10-7-13(5-6-14(10)15)17-9-12-4-3-11(2)16-8-12/h3-8,17H,9,15H2,1-2H3. The van der Waals surface area contributed by atoms with E-state index in [4.69, 9.17) is 5.73 Å². The van der Waals surface area contributed by atoms with Crippen LogP contribution in [0.4, 0.5) is 11.4 Å². The van der Waals surface area contributed by atoms with Crippen LogP contribution in [-0.4, -0.2) is 4.98 Å². The number of pyridine rings is 1. The number of hydrogen-bond donors (Lipinski definition) is 2. The molecule has 0 aliphatic rings. The van der Waals surface area contributed by atoms with Gasteiger partial charge in [0.15, 0.2) is 0 Å². The molecule has 0 spiro atoms. The Morgan fingerprint density at radius 2 is 2.00 bits per heavy atom. The van der Waals surface area contributed by atoms with E-state index in [1.807, 2.05) is 38.2 Å². The Morgan fingerprint density at radius 1 is 1.18 bits per heavy atom. The summed E-state index contributed by atoms with van der Waals surface area (Å²) < 4.78 is 0. The molecule has 0 radical (unpaired) electrons. The molecule has 0 saturated heterocycles. The van der Waals surface area contributed by atoms with Gasteiger partial charge in [-0.3, -0.25) is 4.98 Å². The molecular formula is C14H17N3. The molecule has 3 N–H and O–H groups in total. The van der Waals surface area contributed by atoms with Gasteiger partial charge in [-0.15, -0.1) is 0 Å². The summed E-state index contributed by atoms with van der Waals surface area (Å²) in [5, 5.41) is 3.35. The fourth-order valence-electron chi connectivity index (χ4n) is 1.59. The van der Waals surface area contributed by atoms with Gasteiger partial charge >= 0.3 is 0 Å². The van der Waals surface area contributed by atoms with Crippen LogP contribution >= 0.6 is 0 Å². The molecule has 1 aromatic carbocycles. The van der Waals surface area contributed by atoms with Gasteiger partial charge in [0, 0.05) is 29.8 Å². The Labute approximate surface area is 102 Å². The molecule has 1 aromatic heterocycles. The van der Waals surface area contributed by atoms with Crippen LogP contribution in [0.1, 0.15) is 16.8 Å². The number of rotatable bonds is 3. The number of aromatic nitrogens is 1. The number of anilines is 2. The first-order valence-electron chi connectivity index (χ1n) is 5.66. The molecule has 2 aromatic rings. The molecule has 17 heavy (non-hydrogen) atoms. The molecule has 88 valence electrons. The smallest absolute Gasteiger partial charge is 0.0416 e. The Morgan fingerprint density at radius 3 is 2.65 bits per heavy atom. The summed E-state index contributed by atoms with van der Waals surface area (Å²) in [7, 11) is 0. The Balaban J connectivity index is 2.02. The quantitative estimate of drug-likeness (QED) is 0.793. The zero-order chi connectivity index (χ0) is 12.3. The predicted octanol–water partition coefficient (Wildman–Crippen LogP) is 2.89. The van der Waals surface area contributed by atoms with Crippen LogP contribution in [0.15, 0.2) is 36.5 Å². The summed E-state index contributed by atoms with van der Waals surface area (Å²) in [6.45, 7) is 4.77. The first-order chi connectivity index (χ1) is 8.15. The molecule has 0 bridgehead atoms. The average Bonchev–Trinajstić information content (AvgIpc) is 2.33. The highest BCUT2D eigenvalue weighted by Gasteiger charge is 1.97. The van der Waals surface area contributed by atoms with Crippen LogP contribution in [0, 0.1) is 13.8 Å². The van der Waals surface area contributed by atoms with E-state index in [1.165, 1.54) is 5.56 Å². The number of nitrogen functional groups attached to an aromatic ring is 1. The van der Waals surface area contributed by atoms with E-state index in [1.54, 1.807) is 0 Å². The second kappa shape index (κ2) is 4.87. The topological polar surface area (TPSA) is 50.9 Å². The third kappa shape index (κ3) is 2.97. The highest BCUT2D eigenvalue weighted by atomic mass is 14.9. The number of aryl methyl sites for hydroxylation is 2. The molecular weight excluding hydrogens is 210 g/mol. The van der Waals surface area contributed by atoms with Crippen molar-refractivity contribution in [2.45, 2.75) is 20.4 Å². The van der Waals surface area contributed by atoms with E-state index in [9.17, 15) is 0 Å². The van der Waals surface area contributed by atoms with Crippen LogP contribution < -0.4 is 11.1 Å². The Bertz CT molecular complexity index is 503. The zero-order valence-corrected chi connectivity index (χ0v) is 10.2. The number of nitrogens with two attached hydrogens (primary N) is 1. The van der Waals surface area contributed by atoms with Gasteiger partial charge in [0.2, 0.25) is 0 Å². The Kier molecular flexibility index (Phi) is 3.28. The van der Waals surface area contributed by atoms with Crippen molar-refractivity contribution in [1.82, 2.24) is 4.98 Å². The van der Waals surface area contributed by atoms with Crippen molar-refractivity contribution in [3.8, 4) is 0 Å². The first kappa shape index (κ1) is 11.5. The molecule has 0 unspecified atom stereocenters. The minimum absolute atomic E-state index is 0.774. The van der Waals surface area contributed by atoms with Gasteiger partial charge in [-0.2, -0.15) is 0 Å². The molecule has 0 amide bonds. The Hall–Kier alpha value is -2.03. The molecule has 3 nitrogen and oxygen atoms in total. The lowest BCUT2D eigenvalue weighted by Gasteiger charge is -2.08. The molecule has 1 heterocycles. The SMILES string of the molecule is Cc1ccc(CNc2ccc(N)c(C)c2)cn1. The lowest BCUT2D eigenvalue weighted by molar-refractivity contribution is 1.08. The van der Waals surface area contributed by atoms with Crippen LogP contribution in [0.25, 0.3) is 0 Å². The van der Waals surface area contributed by atoms with Crippen molar-refractivity contribution >= 4 is 11.4 Å². The van der Waals surface area contributed by atoms with Gasteiger partial charge in [-0.25, -0.2) is 0 Å². The summed E-state index contributed by atoms with van der Waals surface area (Å²) in [6.07, 6.45) is 1.90. The first-order valence-corrected chi connectivity index (χ1v) is 5.66. The van der Waals surface area contributed by atoms with Crippen molar-refractivity contribution in [3.63, 3.8) is 0 Å². The summed E-state index contributed by atoms with van der Waals surface area (Å²) in [4.78, 5) is 4.26. The summed E-state index contributed by atoms with van der Waals surface area (Å²) >= 11 is 0. The maximum absolute atomic E-state index is 5.77. The van der Waals surface area contributed by atoms with Crippen molar-refractivity contribution in [3.05, 3.63) is 53.3 Å². The highest BCUT2D eigenvalue weighted by molar-refractivity contribution is 5.56. The maximum atomic E-state index is 5.77. The monoisotopic (exact) mass is 227 g/mol. The molecule has 0 atom stereocenters. The second-order valence-electron chi connectivity index (χ2n) is 4.23. The number of hydrogen-bond acceptors (Lipinski definition) is 3. The second-order valence-corrected chi connectivity index (χ2v) is 4.23. The predicted molar refractivity (Wildman–Crippen MR) is 71.9 cm³/mol. The summed E-state index contributed by atoms with van der Waals surface area (Å²) in [5.41, 5.74) is 11.0. The highest BCUT2D eigenvalue weighted by Crippen LogP contribution is 2.17. The van der Waals surface area contributed by atoms with E-state index >= 15 is 0 Å². The number of benzene rings is 1. The minimum Gasteiger partial charge on any atom is -0.399 e. The third-order valence-corrected chi connectivity index (χ3v) is 2.74. The van der Waals surface area contributed by atoms with Crippen LogP contribution in [-0.2, 0) is 6.54 Å². The van der Waals surface area contributed by atoms with Crippen LogP contribution in [0.3, 0.4) is 0 Å². The van der Waals surface area contributed by atoms with Gasteiger partial charge in [-0.1, -0.05) is 6.07 Å². The molecule has 0 fully saturated rings. The lowest BCUT2D eigenvalue weighted by Crippen LogP contribution is -2.01. The van der Waals surface area contributed by atoms with Gasteiger partial charge in [-0.05, 0) is 49.2 Å². The number of nitrogens with zero attached hydrogens (tertiary/aromatic N) is 1. The average molecular weight is 227 g/mol. The van der Waals surface area contributed by atoms with E-state index in [0.717, 1.165) is 29.2 Å². The molecule has 0 aliphatic heterocycles. The van der Waals surface area contributed by atoms with Crippen LogP contribution in [0.2, 0.25) is 0 Å². The molecule has 3 heteroatoms. The van der Waals surface area contributed by atoms with E-state index in [-0.39, 0.29) is 0 Å². The van der Waals surface area contributed by atoms with Gasteiger partial charge in [0.05, 0.1) is 0 Å². The fourth-order valence-corrected chi connectivity index (χ4v) is 1.59. The minimum atomic E-state index is 0.774. The molecule has 2 rings (SSSR count). The molecule has 0 saturated carbocycles. The maximum Gasteiger partial charge on any atom is 0.0416 e. The molecule has 0 aliphatic carbocycles. The normalized spacial score (nSPS) is 10.2. The zero-order valence-electron chi connectivity index (χ0n) is 10.2. The van der Waals surface area contributed by atoms with Crippen molar-refractivity contribution in [1.29, 1.82) is 0 Å².